The third-order valence-corrected chi connectivity index (χ3v) is 12.7. The van der Waals surface area contributed by atoms with Gasteiger partial charge in [0.1, 0.15) is 11.3 Å². The summed E-state index contributed by atoms with van der Waals surface area (Å²) >= 11 is 0. The van der Waals surface area contributed by atoms with Gasteiger partial charge in [-0.3, -0.25) is 14.8 Å². The van der Waals surface area contributed by atoms with Crippen LogP contribution in [-0.2, 0) is 42.6 Å². The summed E-state index contributed by atoms with van der Waals surface area (Å²) in [6.45, 7) is 3.19. The van der Waals surface area contributed by atoms with Gasteiger partial charge in [0.15, 0.2) is 0 Å². The van der Waals surface area contributed by atoms with E-state index in [-0.39, 0.29) is 12.3 Å². The van der Waals surface area contributed by atoms with E-state index in [4.69, 9.17) is 11.5 Å². The van der Waals surface area contributed by atoms with Crippen LogP contribution < -0.4 is 16.9 Å². The molecule has 2 amide bonds. The average molecular weight is 870 g/mol. The number of nitrogens with zero attached hydrogens (tertiary/aromatic N) is 2. The summed E-state index contributed by atoms with van der Waals surface area (Å²) in [5.74, 6) is -0.497. The molecule has 0 spiro atoms. The van der Waals surface area contributed by atoms with Gasteiger partial charge in [-0.05, 0) is 123 Å². The van der Waals surface area contributed by atoms with Crippen molar-refractivity contribution in [2.45, 2.75) is 134 Å². The lowest BCUT2D eigenvalue weighted by molar-refractivity contribution is -0.129. The minimum absolute atomic E-state index is 0.0113. The van der Waals surface area contributed by atoms with E-state index in [1.807, 2.05) is 72.2 Å². The zero-order valence-electron chi connectivity index (χ0n) is 38.3. The Morgan fingerprint density at radius 2 is 1.06 bits per heavy atom. The van der Waals surface area contributed by atoms with Crippen LogP contribution in [0.25, 0.3) is 0 Å². The van der Waals surface area contributed by atoms with Gasteiger partial charge in [0.2, 0.25) is 5.91 Å². The van der Waals surface area contributed by atoms with Crippen LogP contribution in [0.4, 0.5) is 0 Å². The average Bonchev–Trinajstić information content (AvgIpc) is 3.68. The van der Waals surface area contributed by atoms with Crippen LogP contribution in [0.2, 0.25) is 0 Å². The number of carbonyl (C=O) groups excluding carboxylic acids is 2. The number of carbonyl (C=O) groups is 2. The molecule has 0 aliphatic heterocycles. The molecule has 5 aromatic rings. The van der Waals surface area contributed by atoms with Crippen LogP contribution in [-0.4, -0.2) is 57.8 Å². The highest BCUT2D eigenvalue weighted by Gasteiger charge is 2.33. The van der Waals surface area contributed by atoms with E-state index < -0.39 is 11.5 Å². The van der Waals surface area contributed by atoms with Crippen molar-refractivity contribution < 1.29 is 19.9 Å². The molecule has 0 fully saturated rings. The van der Waals surface area contributed by atoms with Gasteiger partial charge < -0.3 is 26.0 Å². The molecule has 0 saturated carbocycles. The Balaban J connectivity index is 1.53. The quantitative estimate of drug-likeness (QED) is 0.0170. The van der Waals surface area contributed by atoms with Crippen LogP contribution in [0.5, 0.6) is 0 Å². The Labute approximate surface area is 383 Å². The molecule has 64 heavy (non-hydrogen) atoms. The summed E-state index contributed by atoms with van der Waals surface area (Å²) in [6, 6.07) is 40.8. The van der Waals surface area contributed by atoms with Crippen molar-refractivity contribution in [2.75, 3.05) is 26.2 Å². The predicted octanol–water partition coefficient (Wildman–Crippen LogP) is 10.1. The molecule has 7 N–H and O–H groups in total. The lowest BCUT2D eigenvalue weighted by Crippen LogP contribution is -2.35. The molecule has 0 atom stereocenters. The molecule has 5 rings (SSSR count). The number of hydroxylamine groups is 1. The van der Waals surface area contributed by atoms with Crippen LogP contribution in [0, 0.1) is 0 Å². The van der Waals surface area contributed by atoms with Gasteiger partial charge >= 0.3 is 0 Å². The third-order valence-electron chi connectivity index (χ3n) is 12.7. The molecule has 0 unspecified atom stereocenters. The maximum atomic E-state index is 15.2. The van der Waals surface area contributed by atoms with Gasteiger partial charge in [-0.1, -0.05) is 160 Å². The topological polar surface area (TPSA) is 147 Å². The fraction of sp³-hybridized carbons (Fsp3) is 0.455. The van der Waals surface area contributed by atoms with Crippen molar-refractivity contribution in [3.63, 3.8) is 0 Å². The maximum Gasteiger partial charge on any atom is 0.270 e. The number of unbranched alkanes of at least 4 members (excludes halogenated alkanes) is 10. The highest BCUT2D eigenvalue weighted by Crippen LogP contribution is 2.36. The normalized spacial score (nSPS) is 11.5. The number of aliphatic hydroxyl groups is 1. The number of nitrogens with two attached hydrogens (primary N) is 2. The molecule has 0 aliphatic rings. The molecule has 1 aromatic heterocycles. The molecule has 9 heteroatoms. The van der Waals surface area contributed by atoms with E-state index >= 15 is 4.79 Å². The zero-order valence-corrected chi connectivity index (χ0v) is 38.3. The minimum atomic E-state index is -1.32. The SMILES string of the molecule is NCCCCCCCN(CCCCCCCN)C(=O)c1cc(CCC(=O)NO)c(CCC(O)(c2ccccc2)c2ccccc2)n1Cc1ccccc1CCCCCc1ccccc1. The summed E-state index contributed by atoms with van der Waals surface area (Å²) in [5, 5.41) is 22.3. The van der Waals surface area contributed by atoms with Crippen molar-refractivity contribution in [1.82, 2.24) is 14.9 Å². The van der Waals surface area contributed by atoms with E-state index in [1.54, 1.807) is 0 Å². The van der Waals surface area contributed by atoms with Crippen molar-refractivity contribution in [3.8, 4) is 0 Å². The largest absolute Gasteiger partial charge is 0.380 e. The lowest BCUT2D eigenvalue weighted by Gasteiger charge is -2.30. The minimum Gasteiger partial charge on any atom is -0.380 e. The van der Waals surface area contributed by atoms with E-state index in [1.165, 1.54) is 11.1 Å². The third kappa shape index (κ3) is 15.6. The van der Waals surface area contributed by atoms with Gasteiger partial charge in [-0.15, -0.1) is 0 Å². The number of nitrogens with one attached hydrogen (secondary N) is 1. The smallest absolute Gasteiger partial charge is 0.270 e. The first-order valence-corrected chi connectivity index (χ1v) is 24.2. The van der Waals surface area contributed by atoms with Gasteiger partial charge in [0.05, 0.1) is 0 Å². The molecule has 0 saturated heterocycles. The number of aryl methyl sites for hydroxylation is 3. The van der Waals surface area contributed by atoms with Gasteiger partial charge in [0, 0.05) is 31.7 Å². The van der Waals surface area contributed by atoms with Crippen LogP contribution in [0.3, 0.4) is 0 Å². The summed E-state index contributed by atoms with van der Waals surface area (Å²) in [4.78, 5) is 29.9. The molecule has 1 heterocycles. The zero-order chi connectivity index (χ0) is 45.2. The number of amides is 2. The monoisotopic (exact) mass is 870 g/mol. The van der Waals surface area contributed by atoms with Crippen LogP contribution in [0.15, 0.2) is 121 Å². The fourth-order valence-corrected chi connectivity index (χ4v) is 9.02. The van der Waals surface area contributed by atoms with Crippen molar-refractivity contribution in [2.24, 2.45) is 11.5 Å². The first kappa shape index (κ1) is 49.9. The summed E-state index contributed by atoms with van der Waals surface area (Å²) < 4.78 is 2.19. The highest BCUT2D eigenvalue weighted by atomic mass is 16.5. The first-order valence-electron chi connectivity index (χ1n) is 24.2. The Kier molecular flexibility index (Phi) is 21.8. The number of benzene rings is 4. The molecule has 344 valence electrons. The van der Waals surface area contributed by atoms with Crippen LogP contribution >= 0.6 is 0 Å². The summed E-state index contributed by atoms with van der Waals surface area (Å²) in [7, 11) is 0. The van der Waals surface area contributed by atoms with Gasteiger partial charge in [-0.25, -0.2) is 5.48 Å². The maximum absolute atomic E-state index is 15.2. The predicted molar refractivity (Wildman–Crippen MR) is 260 cm³/mol. The molecular formula is C55H75N5O4. The molecule has 9 nitrogen and oxygen atoms in total. The number of aromatic nitrogens is 1. The molecular weight excluding hydrogens is 795 g/mol. The van der Waals surface area contributed by atoms with Crippen LogP contribution in [0.1, 0.15) is 146 Å². The van der Waals surface area contributed by atoms with Crippen molar-refractivity contribution in [1.29, 1.82) is 0 Å². The van der Waals surface area contributed by atoms with Crippen molar-refractivity contribution in [3.05, 3.63) is 166 Å². The second kappa shape index (κ2) is 28.0. The first-order chi connectivity index (χ1) is 31.4. The highest BCUT2D eigenvalue weighted by molar-refractivity contribution is 5.93. The number of hydrogen-bond acceptors (Lipinski definition) is 6. The van der Waals surface area contributed by atoms with Gasteiger partial charge in [-0.2, -0.15) is 0 Å². The Bertz CT molecular complexity index is 2010. The van der Waals surface area contributed by atoms with Crippen molar-refractivity contribution >= 4 is 11.8 Å². The molecule has 0 radical (unpaired) electrons. The second-order valence-corrected chi connectivity index (χ2v) is 17.4. The summed E-state index contributed by atoms with van der Waals surface area (Å²) in [6.07, 6.45) is 16.7. The summed E-state index contributed by atoms with van der Waals surface area (Å²) in [5.41, 5.74) is 19.8. The molecule has 4 aromatic carbocycles. The fourth-order valence-electron chi connectivity index (χ4n) is 9.02. The number of hydrogen-bond donors (Lipinski definition) is 5. The van der Waals surface area contributed by atoms with Gasteiger partial charge in [0.25, 0.3) is 5.91 Å². The lowest BCUT2D eigenvalue weighted by atomic mass is 9.82. The van der Waals surface area contributed by atoms with E-state index in [2.05, 4.69) is 64.1 Å². The second-order valence-electron chi connectivity index (χ2n) is 17.4. The Morgan fingerprint density at radius 3 is 1.64 bits per heavy atom. The standard InChI is InChI=1S/C55H75N5O4/c56-39-21-3-1-5-23-41-59(42-24-6-2-4-22-40-57)54(62)52-43-47(35-36-53(61)58-64)51(37-38-55(63,49-31-15-9-16-32-49)50-33-17-10-18-34-50)60(52)44-48-30-20-19-29-46(48)28-14-8-13-27-45-25-11-7-12-26-45/h7,9-12,15-20,25-26,29-34,43,63-64H,1-6,8,13-14,21-24,27-28,35-42,44,56-57H2,(H,58,61). The number of rotatable bonds is 31. The van der Waals surface area contributed by atoms with E-state index in [9.17, 15) is 15.1 Å². The van der Waals surface area contributed by atoms with E-state index in [0.29, 0.717) is 57.7 Å². The van der Waals surface area contributed by atoms with E-state index in [0.717, 1.165) is 124 Å². The Morgan fingerprint density at radius 1 is 0.562 bits per heavy atom. The molecule has 0 aliphatic carbocycles. The molecule has 0 bridgehead atoms. The Hall–Kier alpha value is -5.06.